The molecule has 1 heterocycles. The van der Waals surface area contributed by atoms with E-state index in [4.69, 9.17) is 15.2 Å². The monoisotopic (exact) mass is 340 g/mol. The predicted molar refractivity (Wildman–Crippen MR) is 93.8 cm³/mol. The standard InChI is InChI=1S/C19H20N2O4/c1-24-14-7-3-12(4-8-14)16-11-17(22)21(18(16)19(20)23)13-5-9-15(25-2)10-6-13/h3-10,16,18H,11H2,1-2H3,(H2,20,23)/t16-,18+/m0/s1. The first-order valence-corrected chi connectivity index (χ1v) is 7.94. The number of amides is 2. The van der Waals surface area contributed by atoms with Crippen molar-refractivity contribution in [3.8, 4) is 11.5 Å². The zero-order valence-electron chi connectivity index (χ0n) is 14.1. The van der Waals surface area contributed by atoms with Crippen molar-refractivity contribution in [3.63, 3.8) is 0 Å². The first-order chi connectivity index (χ1) is 12.0. The van der Waals surface area contributed by atoms with Crippen LogP contribution in [0.4, 0.5) is 5.69 Å². The van der Waals surface area contributed by atoms with Crippen LogP contribution in [0.1, 0.15) is 17.9 Å². The molecule has 3 rings (SSSR count). The molecule has 1 aliphatic rings. The maximum atomic E-state index is 12.6. The van der Waals surface area contributed by atoms with Gasteiger partial charge in [0.1, 0.15) is 17.5 Å². The van der Waals surface area contributed by atoms with Gasteiger partial charge >= 0.3 is 0 Å². The number of carbonyl (C=O) groups is 2. The molecule has 0 saturated carbocycles. The maximum absolute atomic E-state index is 12.6. The highest BCUT2D eigenvalue weighted by atomic mass is 16.5. The first-order valence-electron chi connectivity index (χ1n) is 7.94. The Balaban J connectivity index is 1.95. The Hall–Kier alpha value is -3.02. The van der Waals surface area contributed by atoms with Crippen LogP contribution in [0.3, 0.4) is 0 Å². The van der Waals surface area contributed by atoms with Crippen LogP contribution < -0.4 is 20.1 Å². The zero-order valence-corrected chi connectivity index (χ0v) is 14.1. The number of ether oxygens (including phenoxy) is 2. The van der Waals surface area contributed by atoms with Gasteiger partial charge in [-0.3, -0.25) is 14.5 Å². The normalized spacial score (nSPS) is 19.8. The maximum Gasteiger partial charge on any atom is 0.241 e. The quantitative estimate of drug-likeness (QED) is 0.903. The largest absolute Gasteiger partial charge is 0.497 e. The summed E-state index contributed by atoms with van der Waals surface area (Å²) < 4.78 is 10.3. The number of nitrogens with zero attached hydrogens (tertiary/aromatic N) is 1. The van der Waals surface area contributed by atoms with Crippen LogP contribution in [0.15, 0.2) is 48.5 Å². The Morgan fingerprint density at radius 1 is 1.00 bits per heavy atom. The van der Waals surface area contributed by atoms with E-state index >= 15 is 0 Å². The van der Waals surface area contributed by atoms with E-state index in [2.05, 4.69) is 0 Å². The third-order valence-electron chi connectivity index (χ3n) is 4.51. The summed E-state index contributed by atoms with van der Waals surface area (Å²) in [6.07, 6.45) is 0.228. The lowest BCUT2D eigenvalue weighted by atomic mass is 9.91. The molecule has 0 aromatic heterocycles. The summed E-state index contributed by atoms with van der Waals surface area (Å²) in [5.74, 6) is 0.448. The summed E-state index contributed by atoms with van der Waals surface area (Å²) in [5.41, 5.74) is 7.16. The van der Waals surface area contributed by atoms with E-state index in [9.17, 15) is 9.59 Å². The molecule has 0 radical (unpaired) electrons. The Morgan fingerprint density at radius 3 is 2.00 bits per heavy atom. The minimum Gasteiger partial charge on any atom is -0.497 e. The third kappa shape index (κ3) is 3.15. The van der Waals surface area contributed by atoms with Gasteiger partial charge in [0, 0.05) is 18.0 Å². The summed E-state index contributed by atoms with van der Waals surface area (Å²) in [7, 11) is 3.16. The lowest BCUT2D eigenvalue weighted by molar-refractivity contribution is -0.121. The first kappa shape index (κ1) is 16.8. The molecule has 0 unspecified atom stereocenters. The van der Waals surface area contributed by atoms with E-state index in [-0.39, 0.29) is 18.2 Å². The van der Waals surface area contributed by atoms with Crippen molar-refractivity contribution in [2.45, 2.75) is 18.4 Å². The van der Waals surface area contributed by atoms with Crippen LogP contribution in [0.25, 0.3) is 0 Å². The fourth-order valence-corrected chi connectivity index (χ4v) is 3.26. The smallest absolute Gasteiger partial charge is 0.241 e. The fraction of sp³-hybridized carbons (Fsp3) is 0.263. The van der Waals surface area contributed by atoms with Gasteiger partial charge < -0.3 is 15.2 Å². The summed E-state index contributed by atoms with van der Waals surface area (Å²) in [6.45, 7) is 0. The highest BCUT2D eigenvalue weighted by Gasteiger charge is 2.44. The summed E-state index contributed by atoms with van der Waals surface area (Å²) >= 11 is 0. The summed E-state index contributed by atoms with van der Waals surface area (Å²) in [5, 5.41) is 0. The van der Waals surface area contributed by atoms with E-state index in [0.29, 0.717) is 11.4 Å². The van der Waals surface area contributed by atoms with Gasteiger partial charge in [-0.15, -0.1) is 0 Å². The van der Waals surface area contributed by atoms with Crippen LogP contribution in [-0.2, 0) is 9.59 Å². The van der Waals surface area contributed by atoms with Gasteiger partial charge in [-0.2, -0.15) is 0 Å². The van der Waals surface area contributed by atoms with Gasteiger partial charge in [0.2, 0.25) is 11.8 Å². The molecule has 1 saturated heterocycles. The topological polar surface area (TPSA) is 81.9 Å². The minimum absolute atomic E-state index is 0.130. The molecule has 6 heteroatoms. The lowest BCUT2D eigenvalue weighted by Crippen LogP contribution is -2.44. The number of rotatable bonds is 5. The molecule has 6 nitrogen and oxygen atoms in total. The molecule has 0 bridgehead atoms. The number of hydrogen-bond donors (Lipinski definition) is 1. The Morgan fingerprint density at radius 2 is 1.52 bits per heavy atom. The Bertz CT molecular complexity index is 771. The van der Waals surface area contributed by atoms with E-state index in [1.807, 2.05) is 24.3 Å². The van der Waals surface area contributed by atoms with Crippen molar-refractivity contribution in [2.75, 3.05) is 19.1 Å². The number of carbonyl (C=O) groups excluding carboxylic acids is 2. The molecule has 0 spiro atoms. The second kappa shape index (κ2) is 6.84. The van der Waals surface area contributed by atoms with Crippen LogP contribution in [-0.4, -0.2) is 32.1 Å². The second-order valence-corrected chi connectivity index (χ2v) is 5.89. The molecular weight excluding hydrogens is 320 g/mol. The zero-order chi connectivity index (χ0) is 18.0. The van der Waals surface area contributed by atoms with Gasteiger partial charge in [0.05, 0.1) is 14.2 Å². The van der Waals surface area contributed by atoms with Crippen molar-refractivity contribution in [3.05, 3.63) is 54.1 Å². The van der Waals surface area contributed by atoms with Gasteiger partial charge in [-0.25, -0.2) is 0 Å². The van der Waals surface area contributed by atoms with Crippen LogP contribution >= 0.6 is 0 Å². The molecule has 2 aromatic rings. The van der Waals surface area contributed by atoms with Crippen LogP contribution in [0.2, 0.25) is 0 Å². The number of anilines is 1. The van der Waals surface area contributed by atoms with E-state index in [1.54, 1.807) is 38.5 Å². The SMILES string of the molecule is COc1ccc([C@@H]2CC(=O)N(c3ccc(OC)cc3)[C@H]2C(N)=O)cc1. The Kier molecular flexibility index (Phi) is 4.61. The van der Waals surface area contributed by atoms with Crippen molar-refractivity contribution in [1.82, 2.24) is 0 Å². The highest BCUT2D eigenvalue weighted by Crippen LogP contribution is 2.38. The van der Waals surface area contributed by atoms with Gasteiger partial charge in [0.15, 0.2) is 0 Å². The molecule has 25 heavy (non-hydrogen) atoms. The molecule has 0 aliphatic carbocycles. The van der Waals surface area contributed by atoms with Crippen LogP contribution in [0, 0.1) is 0 Å². The van der Waals surface area contributed by atoms with E-state index < -0.39 is 11.9 Å². The van der Waals surface area contributed by atoms with Crippen molar-refractivity contribution in [2.24, 2.45) is 5.73 Å². The summed E-state index contributed by atoms with van der Waals surface area (Å²) in [4.78, 5) is 26.2. The number of nitrogens with two attached hydrogens (primary N) is 1. The molecule has 2 aromatic carbocycles. The number of hydrogen-bond acceptors (Lipinski definition) is 4. The summed E-state index contributed by atoms with van der Waals surface area (Å²) in [6, 6.07) is 13.6. The molecular formula is C19H20N2O4. The number of primary amides is 1. The number of methoxy groups -OCH3 is 2. The Labute approximate surface area is 146 Å². The van der Waals surface area contributed by atoms with E-state index in [1.165, 1.54) is 4.90 Å². The number of benzene rings is 2. The van der Waals surface area contributed by atoms with E-state index in [0.717, 1.165) is 11.3 Å². The molecule has 1 aliphatic heterocycles. The van der Waals surface area contributed by atoms with Crippen molar-refractivity contribution < 1.29 is 19.1 Å². The predicted octanol–water partition coefficient (Wildman–Crippen LogP) is 2.08. The average molecular weight is 340 g/mol. The van der Waals surface area contributed by atoms with Crippen molar-refractivity contribution >= 4 is 17.5 Å². The van der Waals surface area contributed by atoms with Gasteiger partial charge in [0.25, 0.3) is 0 Å². The molecule has 2 amide bonds. The van der Waals surface area contributed by atoms with Gasteiger partial charge in [-0.05, 0) is 42.0 Å². The lowest BCUT2D eigenvalue weighted by Gasteiger charge is -2.26. The third-order valence-corrected chi connectivity index (χ3v) is 4.51. The average Bonchev–Trinajstić information content (AvgIpc) is 2.99. The fourth-order valence-electron chi connectivity index (χ4n) is 3.26. The molecule has 130 valence electrons. The van der Waals surface area contributed by atoms with Gasteiger partial charge in [-0.1, -0.05) is 12.1 Å². The van der Waals surface area contributed by atoms with Crippen molar-refractivity contribution in [1.29, 1.82) is 0 Å². The van der Waals surface area contributed by atoms with Crippen LogP contribution in [0.5, 0.6) is 11.5 Å². The minimum atomic E-state index is -0.728. The highest BCUT2D eigenvalue weighted by molar-refractivity contribution is 6.05. The molecule has 2 atom stereocenters. The second-order valence-electron chi connectivity index (χ2n) is 5.89. The molecule has 1 fully saturated rings. The molecule has 2 N–H and O–H groups in total.